The molecule has 108 valence electrons. The molecule has 0 bridgehead atoms. The third-order valence-electron chi connectivity index (χ3n) is 4.00. The Labute approximate surface area is 116 Å². The van der Waals surface area contributed by atoms with Crippen LogP contribution in [0.5, 0.6) is 0 Å². The number of rotatable bonds is 8. The van der Waals surface area contributed by atoms with Crippen molar-refractivity contribution in [2.75, 3.05) is 18.5 Å². The lowest BCUT2D eigenvalue weighted by molar-refractivity contribution is 0.141. The third-order valence-corrected chi connectivity index (χ3v) is 4.00. The molecule has 1 heterocycles. The Balaban J connectivity index is 1.87. The van der Waals surface area contributed by atoms with Crippen LogP contribution in [0.3, 0.4) is 0 Å². The molecule has 1 atom stereocenters. The van der Waals surface area contributed by atoms with Crippen LogP contribution in [0.15, 0.2) is 6.20 Å². The summed E-state index contributed by atoms with van der Waals surface area (Å²) in [7, 11) is 0. The van der Waals surface area contributed by atoms with Crippen molar-refractivity contribution in [1.82, 2.24) is 9.55 Å². The minimum atomic E-state index is 0.529. The normalized spacial score (nSPS) is 17.2. The average molecular weight is 265 g/mol. The molecule has 0 aromatic carbocycles. The first-order valence-corrected chi connectivity index (χ1v) is 7.58. The Morgan fingerprint density at radius 3 is 2.95 bits per heavy atom. The molecule has 1 saturated carbocycles. The molecular formula is C15H27N3O. The maximum atomic E-state index is 5.39. The van der Waals surface area contributed by atoms with Gasteiger partial charge in [-0.2, -0.15) is 0 Å². The third kappa shape index (κ3) is 3.96. The van der Waals surface area contributed by atoms with Gasteiger partial charge >= 0.3 is 0 Å². The van der Waals surface area contributed by atoms with E-state index in [1.165, 1.54) is 19.3 Å². The molecular weight excluding hydrogens is 238 g/mol. The van der Waals surface area contributed by atoms with Crippen molar-refractivity contribution in [2.24, 2.45) is 5.92 Å². The van der Waals surface area contributed by atoms with E-state index in [0.29, 0.717) is 6.04 Å². The molecule has 4 nitrogen and oxygen atoms in total. The highest BCUT2D eigenvalue weighted by molar-refractivity contribution is 5.30. The molecule has 2 rings (SSSR count). The number of aryl methyl sites for hydroxylation is 2. The number of aromatic nitrogens is 2. The number of imidazole rings is 1. The topological polar surface area (TPSA) is 39.1 Å². The molecule has 4 heteroatoms. The fourth-order valence-corrected chi connectivity index (χ4v) is 2.58. The first-order valence-electron chi connectivity index (χ1n) is 7.58. The molecule has 1 aromatic heterocycles. The van der Waals surface area contributed by atoms with Crippen LogP contribution in [0, 0.1) is 12.8 Å². The van der Waals surface area contributed by atoms with E-state index in [2.05, 4.69) is 34.9 Å². The van der Waals surface area contributed by atoms with Gasteiger partial charge in [-0.15, -0.1) is 0 Å². The number of nitrogens with zero attached hydrogens (tertiary/aromatic N) is 2. The summed E-state index contributed by atoms with van der Waals surface area (Å²) in [6.45, 7) is 8.96. The average Bonchev–Trinajstić information content (AvgIpc) is 2.62. The van der Waals surface area contributed by atoms with E-state index < -0.39 is 0 Å². The zero-order chi connectivity index (χ0) is 13.7. The number of anilines is 1. The van der Waals surface area contributed by atoms with E-state index in [-0.39, 0.29) is 0 Å². The van der Waals surface area contributed by atoms with Gasteiger partial charge in [0.1, 0.15) is 0 Å². The van der Waals surface area contributed by atoms with Crippen molar-refractivity contribution in [2.45, 2.75) is 59.0 Å². The zero-order valence-corrected chi connectivity index (χ0v) is 12.5. The van der Waals surface area contributed by atoms with E-state index in [4.69, 9.17) is 4.74 Å². The fourth-order valence-electron chi connectivity index (χ4n) is 2.58. The second-order valence-electron chi connectivity index (χ2n) is 5.57. The molecule has 1 aliphatic rings. The van der Waals surface area contributed by atoms with Gasteiger partial charge in [-0.25, -0.2) is 4.98 Å². The predicted molar refractivity (Wildman–Crippen MR) is 78.5 cm³/mol. The van der Waals surface area contributed by atoms with Gasteiger partial charge in [0.05, 0.1) is 5.69 Å². The van der Waals surface area contributed by atoms with Gasteiger partial charge in [0, 0.05) is 32.0 Å². The fraction of sp³-hybridized carbons (Fsp3) is 0.800. The van der Waals surface area contributed by atoms with Crippen LogP contribution in [-0.2, 0) is 11.3 Å². The molecule has 1 aromatic rings. The minimum Gasteiger partial charge on any atom is -0.382 e. The lowest BCUT2D eigenvalue weighted by Crippen LogP contribution is -2.31. The summed E-state index contributed by atoms with van der Waals surface area (Å²) in [5.41, 5.74) is 1.08. The Morgan fingerprint density at radius 1 is 1.53 bits per heavy atom. The number of nitrogens with one attached hydrogen (secondary N) is 1. The quantitative estimate of drug-likeness (QED) is 0.734. The van der Waals surface area contributed by atoms with E-state index in [9.17, 15) is 0 Å². The van der Waals surface area contributed by atoms with Gasteiger partial charge in [0.2, 0.25) is 5.95 Å². The highest BCUT2D eigenvalue weighted by atomic mass is 16.5. The first kappa shape index (κ1) is 14.4. The lowest BCUT2D eigenvalue weighted by atomic mass is 9.80. The number of hydrogen-bond acceptors (Lipinski definition) is 3. The van der Waals surface area contributed by atoms with Gasteiger partial charge in [-0.05, 0) is 46.0 Å². The second-order valence-corrected chi connectivity index (χ2v) is 5.57. The molecule has 0 spiro atoms. The van der Waals surface area contributed by atoms with Crippen LogP contribution in [0.25, 0.3) is 0 Å². The molecule has 0 aliphatic heterocycles. The minimum absolute atomic E-state index is 0.529. The van der Waals surface area contributed by atoms with E-state index >= 15 is 0 Å². The Kier molecular flexibility index (Phi) is 5.25. The van der Waals surface area contributed by atoms with Gasteiger partial charge in [0.25, 0.3) is 0 Å². The maximum Gasteiger partial charge on any atom is 0.203 e. The van der Waals surface area contributed by atoms with Crippen LogP contribution in [-0.4, -0.2) is 28.8 Å². The van der Waals surface area contributed by atoms with Crippen LogP contribution in [0.4, 0.5) is 5.95 Å². The number of ether oxygens (including phenoxy) is 1. The van der Waals surface area contributed by atoms with Crippen molar-refractivity contribution >= 4 is 5.95 Å². The monoisotopic (exact) mass is 265 g/mol. The SMILES string of the molecule is CCOCCCn1cc(C)nc1NC(C)C1CCC1. The Hall–Kier alpha value is -1.03. The highest BCUT2D eigenvalue weighted by Crippen LogP contribution is 2.30. The second kappa shape index (κ2) is 6.94. The first-order chi connectivity index (χ1) is 9.20. The standard InChI is InChI=1S/C15H27N3O/c1-4-19-10-6-9-18-11-12(2)16-15(18)17-13(3)14-7-5-8-14/h11,13-14H,4-10H2,1-3H3,(H,16,17). The molecule has 1 unspecified atom stereocenters. The highest BCUT2D eigenvalue weighted by Gasteiger charge is 2.24. The number of hydrogen-bond donors (Lipinski definition) is 1. The van der Waals surface area contributed by atoms with Gasteiger partial charge in [0.15, 0.2) is 0 Å². The zero-order valence-electron chi connectivity index (χ0n) is 12.5. The summed E-state index contributed by atoms with van der Waals surface area (Å²) in [5, 5.41) is 3.59. The Morgan fingerprint density at radius 2 is 2.32 bits per heavy atom. The maximum absolute atomic E-state index is 5.39. The van der Waals surface area contributed by atoms with E-state index in [1.54, 1.807) is 0 Å². The van der Waals surface area contributed by atoms with Crippen molar-refractivity contribution in [1.29, 1.82) is 0 Å². The van der Waals surface area contributed by atoms with Crippen LogP contribution >= 0.6 is 0 Å². The van der Waals surface area contributed by atoms with Crippen molar-refractivity contribution in [3.05, 3.63) is 11.9 Å². The van der Waals surface area contributed by atoms with Crippen molar-refractivity contribution in [3.8, 4) is 0 Å². The van der Waals surface area contributed by atoms with Crippen LogP contribution < -0.4 is 5.32 Å². The molecule has 0 radical (unpaired) electrons. The summed E-state index contributed by atoms with van der Waals surface area (Å²) < 4.78 is 7.62. The van der Waals surface area contributed by atoms with Crippen molar-refractivity contribution < 1.29 is 4.74 Å². The largest absolute Gasteiger partial charge is 0.382 e. The van der Waals surface area contributed by atoms with E-state index in [0.717, 1.165) is 43.7 Å². The summed E-state index contributed by atoms with van der Waals surface area (Å²) in [5.74, 6) is 1.85. The van der Waals surface area contributed by atoms with Gasteiger partial charge in [-0.1, -0.05) is 6.42 Å². The van der Waals surface area contributed by atoms with Gasteiger partial charge in [-0.3, -0.25) is 0 Å². The molecule has 1 fully saturated rings. The van der Waals surface area contributed by atoms with Gasteiger partial charge < -0.3 is 14.6 Å². The predicted octanol–water partition coefficient (Wildman–Crippen LogP) is 3.22. The smallest absolute Gasteiger partial charge is 0.203 e. The summed E-state index contributed by atoms with van der Waals surface area (Å²) >= 11 is 0. The molecule has 0 saturated heterocycles. The van der Waals surface area contributed by atoms with Crippen molar-refractivity contribution in [3.63, 3.8) is 0 Å². The Bertz CT molecular complexity index is 385. The molecule has 1 N–H and O–H groups in total. The van der Waals surface area contributed by atoms with Crippen LogP contribution in [0.1, 0.15) is 45.2 Å². The summed E-state index contributed by atoms with van der Waals surface area (Å²) in [6, 6.07) is 0.529. The summed E-state index contributed by atoms with van der Waals surface area (Å²) in [4.78, 5) is 4.60. The summed E-state index contributed by atoms with van der Waals surface area (Å²) in [6.07, 6.45) is 7.27. The van der Waals surface area contributed by atoms with E-state index in [1.807, 2.05) is 6.92 Å². The van der Waals surface area contributed by atoms with Crippen LogP contribution in [0.2, 0.25) is 0 Å². The molecule has 19 heavy (non-hydrogen) atoms. The molecule has 0 amide bonds. The lowest BCUT2D eigenvalue weighted by Gasteiger charge is -2.32. The molecule has 1 aliphatic carbocycles.